The summed E-state index contributed by atoms with van der Waals surface area (Å²) < 4.78 is 0. The van der Waals surface area contributed by atoms with Crippen molar-refractivity contribution < 1.29 is 9.59 Å². The molecular formula is C20H19ClN4O2. The van der Waals surface area contributed by atoms with E-state index in [2.05, 4.69) is 15.5 Å². The van der Waals surface area contributed by atoms with Crippen LogP contribution in [0.15, 0.2) is 48.7 Å². The van der Waals surface area contributed by atoms with Crippen LogP contribution in [0.3, 0.4) is 0 Å². The lowest BCUT2D eigenvalue weighted by Gasteiger charge is -2.32. The molecule has 0 saturated carbocycles. The smallest absolute Gasteiger partial charge is 0.254 e. The van der Waals surface area contributed by atoms with Gasteiger partial charge in [0.25, 0.3) is 5.91 Å². The largest absolute Gasteiger partial charge is 0.338 e. The number of piperidine rings is 1. The van der Waals surface area contributed by atoms with Gasteiger partial charge in [-0.05, 0) is 49.2 Å². The van der Waals surface area contributed by atoms with Gasteiger partial charge in [0, 0.05) is 29.2 Å². The van der Waals surface area contributed by atoms with Crippen LogP contribution in [0.2, 0.25) is 5.02 Å². The third-order valence-corrected chi connectivity index (χ3v) is 5.16. The Labute approximate surface area is 161 Å². The molecule has 2 aromatic carbocycles. The molecule has 1 unspecified atom stereocenters. The summed E-state index contributed by atoms with van der Waals surface area (Å²) in [7, 11) is 0. The number of nitrogens with zero attached hydrogens (tertiary/aromatic N) is 2. The Bertz CT molecular complexity index is 983. The van der Waals surface area contributed by atoms with Gasteiger partial charge in [0.2, 0.25) is 5.91 Å². The quantitative estimate of drug-likeness (QED) is 0.724. The Balaban J connectivity index is 1.47. The molecule has 2 N–H and O–H groups in total. The topological polar surface area (TPSA) is 78.1 Å². The van der Waals surface area contributed by atoms with Gasteiger partial charge in [0.15, 0.2) is 0 Å². The molecule has 1 aromatic heterocycles. The number of likely N-dealkylation sites (tertiary alicyclic amines) is 1. The molecule has 6 nitrogen and oxygen atoms in total. The van der Waals surface area contributed by atoms with Crippen molar-refractivity contribution in [3.05, 3.63) is 59.2 Å². The summed E-state index contributed by atoms with van der Waals surface area (Å²) in [6.07, 6.45) is 3.22. The predicted molar refractivity (Wildman–Crippen MR) is 105 cm³/mol. The molecule has 2 amide bonds. The average molecular weight is 383 g/mol. The molecule has 1 fully saturated rings. The second-order valence-electron chi connectivity index (χ2n) is 6.72. The molecule has 2 heterocycles. The zero-order chi connectivity index (χ0) is 18.8. The van der Waals surface area contributed by atoms with Gasteiger partial charge in [-0.3, -0.25) is 14.7 Å². The molecule has 1 saturated heterocycles. The van der Waals surface area contributed by atoms with E-state index in [1.807, 2.05) is 12.1 Å². The highest BCUT2D eigenvalue weighted by molar-refractivity contribution is 6.30. The van der Waals surface area contributed by atoms with Gasteiger partial charge in [-0.2, -0.15) is 5.10 Å². The number of nitrogens with one attached hydrogen (secondary N) is 2. The van der Waals surface area contributed by atoms with Gasteiger partial charge in [0.05, 0.1) is 23.2 Å². The summed E-state index contributed by atoms with van der Waals surface area (Å²) in [6.45, 7) is 1.06. The maximum Gasteiger partial charge on any atom is 0.254 e. The standard InChI is InChI=1S/C20H19ClN4O2/c21-14-6-8-15(9-7-14)23-19(26)13-3-2-10-25(12-13)20(27)16-4-1-5-18-17(16)11-22-24-18/h1,4-9,11,13H,2-3,10,12H2,(H,22,24)(H,23,26). The first-order valence-electron chi connectivity index (χ1n) is 8.89. The molecule has 1 aliphatic heterocycles. The Morgan fingerprint density at radius 1 is 1.19 bits per heavy atom. The molecule has 7 heteroatoms. The van der Waals surface area contributed by atoms with Gasteiger partial charge >= 0.3 is 0 Å². The maximum absolute atomic E-state index is 13.0. The highest BCUT2D eigenvalue weighted by Crippen LogP contribution is 2.24. The van der Waals surface area contributed by atoms with Crippen LogP contribution in [0.4, 0.5) is 5.69 Å². The number of amides is 2. The van der Waals surface area contributed by atoms with Crippen molar-refractivity contribution in [3.8, 4) is 0 Å². The number of halogens is 1. The lowest BCUT2D eigenvalue weighted by molar-refractivity contribution is -0.121. The number of carbonyl (C=O) groups is 2. The third kappa shape index (κ3) is 3.66. The van der Waals surface area contributed by atoms with Gasteiger partial charge in [-0.25, -0.2) is 0 Å². The Kier molecular flexibility index (Phi) is 4.81. The molecule has 0 radical (unpaired) electrons. The zero-order valence-electron chi connectivity index (χ0n) is 14.6. The van der Waals surface area contributed by atoms with Crippen molar-refractivity contribution in [1.29, 1.82) is 0 Å². The number of H-pyrrole nitrogens is 1. The Morgan fingerprint density at radius 3 is 2.81 bits per heavy atom. The van der Waals surface area contributed by atoms with Crippen LogP contribution >= 0.6 is 11.6 Å². The van der Waals surface area contributed by atoms with Crippen LogP contribution in [-0.2, 0) is 4.79 Å². The average Bonchev–Trinajstić information content (AvgIpc) is 3.18. The lowest BCUT2D eigenvalue weighted by Crippen LogP contribution is -2.43. The SMILES string of the molecule is O=C(Nc1ccc(Cl)cc1)C1CCCN(C(=O)c2cccc3[nH]ncc23)C1. The van der Waals surface area contributed by atoms with Gasteiger partial charge in [0.1, 0.15) is 0 Å². The number of hydrogen-bond acceptors (Lipinski definition) is 3. The minimum absolute atomic E-state index is 0.0639. The van der Waals surface area contributed by atoms with Crippen molar-refractivity contribution in [2.75, 3.05) is 18.4 Å². The van der Waals surface area contributed by atoms with Crippen molar-refractivity contribution in [2.45, 2.75) is 12.8 Å². The van der Waals surface area contributed by atoms with E-state index in [0.717, 1.165) is 23.7 Å². The van der Waals surface area contributed by atoms with Crippen LogP contribution in [0.25, 0.3) is 10.9 Å². The number of hydrogen-bond donors (Lipinski definition) is 2. The van der Waals surface area contributed by atoms with Crippen molar-refractivity contribution in [2.24, 2.45) is 5.92 Å². The number of aromatic amines is 1. The number of aromatic nitrogens is 2. The summed E-state index contributed by atoms with van der Waals surface area (Å²) >= 11 is 5.88. The van der Waals surface area contributed by atoms with E-state index in [0.29, 0.717) is 29.4 Å². The molecule has 1 aliphatic rings. The molecule has 0 aliphatic carbocycles. The van der Waals surface area contributed by atoms with Crippen LogP contribution in [-0.4, -0.2) is 40.0 Å². The van der Waals surface area contributed by atoms with E-state index in [1.165, 1.54) is 0 Å². The first-order chi connectivity index (χ1) is 13.1. The van der Waals surface area contributed by atoms with Crippen molar-refractivity contribution in [1.82, 2.24) is 15.1 Å². The number of benzene rings is 2. The second kappa shape index (κ2) is 7.40. The minimum atomic E-state index is -0.234. The molecule has 0 bridgehead atoms. The molecular weight excluding hydrogens is 364 g/mol. The summed E-state index contributed by atoms with van der Waals surface area (Å²) in [6, 6.07) is 12.5. The minimum Gasteiger partial charge on any atom is -0.338 e. The van der Waals surface area contributed by atoms with Crippen LogP contribution in [0, 0.1) is 5.92 Å². The highest BCUT2D eigenvalue weighted by atomic mass is 35.5. The first kappa shape index (κ1) is 17.5. The van der Waals surface area contributed by atoms with E-state index in [-0.39, 0.29) is 17.7 Å². The summed E-state index contributed by atoms with van der Waals surface area (Å²) in [5.74, 6) is -0.371. The summed E-state index contributed by atoms with van der Waals surface area (Å²) in [4.78, 5) is 27.4. The molecule has 3 aromatic rings. The second-order valence-corrected chi connectivity index (χ2v) is 7.16. The summed E-state index contributed by atoms with van der Waals surface area (Å²) in [5, 5.41) is 11.2. The van der Waals surface area contributed by atoms with Gasteiger partial charge in [-0.15, -0.1) is 0 Å². The molecule has 1 atom stereocenters. The maximum atomic E-state index is 13.0. The lowest BCUT2D eigenvalue weighted by atomic mass is 9.96. The first-order valence-corrected chi connectivity index (χ1v) is 9.27. The fraction of sp³-hybridized carbons (Fsp3) is 0.250. The Hall–Kier alpha value is -2.86. The van der Waals surface area contributed by atoms with Crippen molar-refractivity contribution >= 4 is 40.0 Å². The Morgan fingerprint density at radius 2 is 2.00 bits per heavy atom. The monoisotopic (exact) mass is 382 g/mol. The molecule has 0 spiro atoms. The normalized spacial score (nSPS) is 17.1. The van der Waals surface area contributed by atoms with Crippen LogP contribution < -0.4 is 5.32 Å². The third-order valence-electron chi connectivity index (χ3n) is 4.91. The number of rotatable bonds is 3. The highest BCUT2D eigenvalue weighted by Gasteiger charge is 2.29. The zero-order valence-corrected chi connectivity index (χ0v) is 15.4. The predicted octanol–water partition coefficient (Wildman–Crippen LogP) is 3.71. The van der Waals surface area contributed by atoms with E-state index < -0.39 is 0 Å². The van der Waals surface area contributed by atoms with E-state index in [9.17, 15) is 9.59 Å². The van der Waals surface area contributed by atoms with Gasteiger partial charge in [-0.1, -0.05) is 17.7 Å². The fourth-order valence-corrected chi connectivity index (χ4v) is 3.60. The molecule has 4 rings (SSSR count). The summed E-state index contributed by atoms with van der Waals surface area (Å²) in [5.41, 5.74) is 2.14. The van der Waals surface area contributed by atoms with Crippen LogP contribution in [0.1, 0.15) is 23.2 Å². The van der Waals surface area contributed by atoms with Gasteiger partial charge < -0.3 is 10.2 Å². The van der Waals surface area contributed by atoms with E-state index >= 15 is 0 Å². The fourth-order valence-electron chi connectivity index (χ4n) is 3.48. The van der Waals surface area contributed by atoms with E-state index in [4.69, 9.17) is 11.6 Å². The molecule has 138 valence electrons. The molecule has 27 heavy (non-hydrogen) atoms. The van der Waals surface area contributed by atoms with Crippen LogP contribution in [0.5, 0.6) is 0 Å². The number of anilines is 1. The number of carbonyl (C=O) groups excluding carboxylic acids is 2. The number of fused-ring (bicyclic) bond motifs is 1. The van der Waals surface area contributed by atoms with Crippen molar-refractivity contribution in [3.63, 3.8) is 0 Å². The van der Waals surface area contributed by atoms with E-state index in [1.54, 1.807) is 41.4 Å².